The number of benzene rings is 1. The van der Waals surface area contributed by atoms with E-state index in [1.807, 2.05) is 5.48 Å². The van der Waals surface area contributed by atoms with Gasteiger partial charge in [-0.2, -0.15) is 0 Å². The Kier molecular flexibility index (Phi) is 3.50. The topological polar surface area (TPSA) is 93.3 Å². The molecule has 1 aromatic heterocycles. The Morgan fingerprint density at radius 2 is 2.11 bits per heavy atom. The molecule has 6 nitrogen and oxygen atoms in total. The predicted octanol–water partition coefficient (Wildman–Crippen LogP) is 2.61. The highest BCUT2D eigenvalue weighted by atomic mass is 35.5. The van der Waals surface area contributed by atoms with E-state index in [1.54, 1.807) is 19.1 Å². The molecule has 0 saturated carbocycles. The number of nitrogens with zero attached hydrogens (tertiary/aromatic N) is 2. The van der Waals surface area contributed by atoms with Gasteiger partial charge in [-0.25, -0.2) is 9.97 Å². The van der Waals surface area contributed by atoms with Gasteiger partial charge in [0.1, 0.15) is 17.2 Å². The fraction of sp³-hybridized carbons (Fsp3) is 0.0909. The second-order valence-electron chi connectivity index (χ2n) is 3.59. The number of anilines is 2. The first kappa shape index (κ1) is 12.4. The average Bonchev–Trinajstić information content (AvgIpc) is 2.33. The summed E-state index contributed by atoms with van der Waals surface area (Å²) in [5.41, 5.74) is 9.35. The second kappa shape index (κ2) is 5.07. The van der Waals surface area contributed by atoms with Crippen molar-refractivity contribution in [3.63, 3.8) is 0 Å². The zero-order valence-corrected chi connectivity index (χ0v) is 10.3. The molecule has 0 spiro atoms. The standard InChI is InChI=1S/C11H11ClN4O2/c1-6-2-7(3-8(16-17)11(6)13)18-10-4-9(12)14-5-15-10/h2-5,16-17H,13H2,1H3. The molecule has 7 heteroatoms. The van der Waals surface area contributed by atoms with E-state index >= 15 is 0 Å². The molecule has 0 aliphatic rings. The first-order valence-electron chi connectivity index (χ1n) is 5.06. The molecule has 4 N–H and O–H groups in total. The Morgan fingerprint density at radius 3 is 2.78 bits per heavy atom. The van der Waals surface area contributed by atoms with Gasteiger partial charge in [-0.1, -0.05) is 11.6 Å². The van der Waals surface area contributed by atoms with Crippen molar-refractivity contribution in [2.75, 3.05) is 11.2 Å². The van der Waals surface area contributed by atoms with Crippen LogP contribution in [0.1, 0.15) is 5.56 Å². The summed E-state index contributed by atoms with van der Waals surface area (Å²) in [5.74, 6) is 0.788. The Bertz CT molecular complexity index is 577. The average molecular weight is 267 g/mol. The molecule has 18 heavy (non-hydrogen) atoms. The van der Waals surface area contributed by atoms with Crippen molar-refractivity contribution >= 4 is 23.0 Å². The van der Waals surface area contributed by atoms with Gasteiger partial charge >= 0.3 is 0 Å². The summed E-state index contributed by atoms with van der Waals surface area (Å²) in [7, 11) is 0. The van der Waals surface area contributed by atoms with Crippen molar-refractivity contribution < 1.29 is 9.94 Å². The predicted molar refractivity (Wildman–Crippen MR) is 68.1 cm³/mol. The smallest absolute Gasteiger partial charge is 0.223 e. The number of nitrogens with one attached hydrogen (secondary N) is 1. The van der Waals surface area contributed by atoms with Crippen molar-refractivity contribution in [1.82, 2.24) is 9.97 Å². The molecule has 2 aromatic rings. The van der Waals surface area contributed by atoms with Crippen LogP contribution in [-0.2, 0) is 0 Å². The normalized spacial score (nSPS) is 10.2. The summed E-state index contributed by atoms with van der Waals surface area (Å²) in [5, 5.41) is 9.23. The maximum Gasteiger partial charge on any atom is 0.223 e. The number of halogens is 1. The van der Waals surface area contributed by atoms with Gasteiger partial charge in [-0.05, 0) is 18.6 Å². The third-order valence-corrected chi connectivity index (χ3v) is 2.52. The Morgan fingerprint density at radius 1 is 1.33 bits per heavy atom. The highest BCUT2D eigenvalue weighted by molar-refractivity contribution is 6.29. The minimum absolute atomic E-state index is 0.285. The van der Waals surface area contributed by atoms with Gasteiger partial charge < -0.3 is 10.5 Å². The maximum absolute atomic E-state index is 8.95. The number of nitrogen functional groups attached to an aromatic ring is 1. The molecule has 0 bridgehead atoms. The summed E-state index contributed by atoms with van der Waals surface area (Å²) in [4.78, 5) is 7.66. The third kappa shape index (κ3) is 2.61. The van der Waals surface area contributed by atoms with Crippen molar-refractivity contribution in [2.45, 2.75) is 6.92 Å². The molecule has 0 aliphatic carbocycles. The minimum Gasteiger partial charge on any atom is -0.439 e. The van der Waals surface area contributed by atoms with E-state index in [1.165, 1.54) is 12.4 Å². The number of nitrogens with two attached hydrogens (primary N) is 1. The molecule has 1 aromatic carbocycles. The summed E-state index contributed by atoms with van der Waals surface area (Å²) in [6.45, 7) is 1.80. The highest BCUT2D eigenvalue weighted by Gasteiger charge is 2.07. The minimum atomic E-state index is 0.285. The fourth-order valence-corrected chi connectivity index (χ4v) is 1.55. The number of aromatic nitrogens is 2. The zero-order valence-electron chi connectivity index (χ0n) is 9.51. The molecule has 1 heterocycles. The van der Waals surface area contributed by atoms with E-state index in [-0.39, 0.29) is 5.15 Å². The van der Waals surface area contributed by atoms with Gasteiger partial charge in [-0.3, -0.25) is 10.7 Å². The quantitative estimate of drug-likeness (QED) is 0.449. The van der Waals surface area contributed by atoms with Gasteiger partial charge in [0.05, 0.1) is 11.4 Å². The van der Waals surface area contributed by atoms with Crippen LogP contribution < -0.4 is 16.0 Å². The summed E-state index contributed by atoms with van der Waals surface area (Å²) in [6, 6.07) is 4.77. The van der Waals surface area contributed by atoms with Crippen LogP contribution in [0, 0.1) is 6.92 Å². The molecule has 0 saturated heterocycles. The van der Waals surface area contributed by atoms with Gasteiger partial charge in [0.25, 0.3) is 0 Å². The SMILES string of the molecule is Cc1cc(Oc2cc(Cl)ncn2)cc(NO)c1N. The molecule has 0 amide bonds. The van der Waals surface area contributed by atoms with Crippen molar-refractivity contribution in [2.24, 2.45) is 0 Å². The lowest BCUT2D eigenvalue weighted by molar-refractivity contribution is 0.388. The van der Waals surface area contributed by atoms with Crippen LogP contribution in [0.4, 0.5) is 11.4 Å². The van der Waals surface area contributed by atoms with Crippen molar-refractivity contribution in [3.8, 4) is 11.6 Å². The van der Waals surface area contributed by atoms with Gasteiger partial charge in [0, 0.05) is 12.1 Å². The van der Waals surface area contributed by atoms with E-state index in [2.05, 4.69) is 9.97 Å². The van der Waals surface area contributed by atoms with E-state index < -0.39 is 0 Å². The second-order valence-corrected chi connectivity index (χ2v) is 3.98. The van der Waals surface area contributed by atoms with E-state index in [0.29, 0.717) is 23.0 Å². The first-order valence-corrected chi connectivity index (χ1v) is 5.43. The largest absolute Gasteiger partial charge is 0.439 e. The van der Waals surface area contributed by atoms with Crippen LogP contribution in [0.15, 0.2) is 24.5 Å². The van der Waals surface area contributed by atoms with Gasteiger partial charge in [0.15, 0.2) is 0 Å². The van der Waals surface area contributed by atoms with Crippen molar-refractivity contribution in [1.29, 1.82) is 0 Å². The van der Waals surface area contributed by atoms with Crippen LogP contribution in [-0.4, -0.2) is 15.2 Å². The summed E-state index contributed by atoms with van der Waals surface area (Å²) >= 11 is 5.72. The lowest BCUT2D eigenvalue weighted by atomic mass is 10.1. The number of ether oxygens (including phenoxy) is 1. The zero-order chi connectivity index (χ0) is 13.1. The van der Waals surface area contributed by atoms with Crippen LogP contribution in [0.3, 0.4) is 0 Å². The summed E-state index contributed by atoms with van der Waals surface area (Å²) < 4.78 is 5.50. The van der Waals surface area contributed by atoms with Gasteiger partial charge in [-0.15, -0.1) is 0 Å². The monoisotopic (exact) mass is 266 g/mol. The summed E-state index contributed by atoms with van der Waals surface area (Å²) in [6.07, 6.45) is 1.30. The Hall–Kier alpha value is -2.05. The number of hydrogen-bond donors (Lipinski definition) is 3. The van der Waals surface area contributed by atoms with E-state index in [0.717, 1.165) is 5.56 Å². The van der Waals surface area contributed by atoms with Gasteiger partial charge in [0.2, 0.25) is 5.88 Å². The third-order valence-electron chi connectivity index (χ3n) is 2.31. The van der Waals surface area contributed by atoms with Crippen LogP contribution in [0.25, 0.3) is 0 Å². The molecule has 0 aliphatic heterocycles. The molecule has 0 atom stereocenters. The molecule has 0 fully saturated rings. The van der Waals surface area contributed by atoms with Crippen LogP contribution in [0.5, 0.6) is 11.6 Å². The van der Waals surface area contributed by atoms with Crippen molar-refractivity contribution in [3.05, 3.63) is 35.2 Å². The number of aryl methyl sites for hydroxylation is 1. The number of rotatable bonds is 3. The molecule has 2 rings (SSSR count). The number of hydrogen-bond acceptors (Lipinski definition) is 6. The Labute approximate surface area is 108 Å². The Balaban J connectivity index is 2.32. The molecule has 0 radical (unpaired) electrons. The lowest BCUT2D eigenvalue weighted by Gasteiger charge is -2.11. The first-order chi connectivity index (χ1) is 8.60. The van der Waals surface area contributed by atoms with E-state index in [9.17, 15) is 0 Å². The van der Waals surface area contributed by atoms with E-state index in [4.69, 9.17) is 27.3 Å². The molecule has 0 unspecified atom stereocenters. The van der Waals surface area contributed by atoms with Crippen LogP contribution >= 0.6 is 11.6 Å². The molecular formula is C11H11ClN4O2. The van der Waals surface area contributed by atoms with Crippen LogP contribution in [0.2, 0.25) is 5.15 Å². The maximum atomic E-state index is 8.95. The molecule has 94 valence electrons. The molecular weight excluding hydrogens is 256 g/mol. The highest BCUT2D eigenvalue weighted by Crippen LogP contribution is 2.30. The fourth-order valence-electron chi connectivity index (χ4n) is 1.41. The lowest BCUT2D eigenvalue weighted by Crippen LogP contribution is -1.99.